The summed E-state index contributed by atoms with van der Waals surface area (Å²) < 4.78 is 29.2. The summed E-state index contributed by atoms with van der Waals surface area (Å²) in [5, 5.41) is 9.14. The van der Waals surface area contributed by atoms with Crippen LogP contribution in [-0.2, 0) is 0 Å². The molecule has 1 N–H and O–H groups in total. The maximum absolute atomic E-state index is 14.2. The third kappa shape index (κ3) is 2.11. The fourth-order valence-electron chi connectivity index (χ4n) is 2.79. The second kappa shape index (κ2) is 5.13. The van der Waals surface area contributed by atoms with Gasteiger partial charge in [0.1, 0.15) is 11.6 Å². The number of carboxylic acid groups (broad SMARTS) is 1. The minimum atomic E-state index is -1.07. The van der Waals surface area contributed by atoms with Gasteiger partial charge in [0, 0.05) is 17.8 Å². The second-order valence-corrected chi connectivity index (χ2v) is 5.36. The van der Waals surface area contributed by atoms with E-state index in [0.717, 1.165) is 12.1 Å². The lowest BCUT2D eigenvalue weighted by Crippen LogP contribution is -2.00. The van der Waals surface area contributed by atoms with E-state index >= 15 is 0 Å². The number of benzene rings is 2. The summed E-state index contributed by atoms with van der Waals surface area (Å²) in [6, 6.07) is 11.4. The van der Waals surface area contributed by atoms with Crippen molar-refractivity contribution in [1.29, 1.82) is 0 Å². The molecule has 2 aromatic heterocycles. The van der Waals surface area contributed by atoms with Crippen LogP contribution in [0.2, 0.25) is 0 Å². The van der Waals surface area contributed by atoms with Gasteiger partial charge in [-0.3, -0.25) is 0 Å². The van der Waals surface area contributed by atoms with Gasteiger partial charge >= 0.3 is 5.97 Å². The highest BCUT2D eigenvalue weighted by atomic mass is 19.1. The number of carbonyl (C=O) groups is 1. The first-order chi connectivity index (χ1) is 11.5. The summed E-state index contributed by atoms with van der Waals surface area (Å²) in [5.41, 5.74) is 2.34. The van der Waals surface area contributed by atoms with Gasteiger partial charge in [-0.05, 0) is 42.5 Å². The van der Waals surface area contributed by atoms with Crippen molar-refractivity contribution in [2.24, 2.45) is 0 Å². The number of hydrogen-bond acceptors (Lipinski definition) is 2. The van der Waals surface area contributed by atoms with Crippen molar-refractivity contribution in [3.05, 3.63) is 71.9 Å². The van der Waals surface area contributed by atoms with E-state index in [1.807, 2.05) is 0 Å². The van der Waals surface area contributed by atoms with Crippen LogP contribution in [0.3, 0.4) is 0 Å². The van der Waals surface area contributed by atoms with Crippen LogP contribution in [0.5, 0.6) is 0 Å². The van der Waals surface area contributed by atoms with E-state index in [9.17, 15) is 13.6 Å². The van der Waals surface area contributed by atoms with Crippen molar-refractivity contribution in [3.63, 3.8) is 0 Å². The number of aromatic carboxylic acids is 1. The zero-order chi connectivity index (χ0) is 16.8. The van der Waals surface area contributed by atoms with E-state index in [4.69, 9.17) is 5.11 Å². The van der Waals surface area contributed by atoms with Crippen molar-refractivity contribution in [3.8, 4) is 11.3 Å². The Hall–Kier alpha value is -3.28. The highest BCUT2D eigenvalue weighted by Gasteiger charge is 2.15. The third-order valence-corrected chi connectivity index (χ3v) is 3.89. The maximum atomic E-state index is 14.2. The zero-order valence-corrected chi connectivity index (χ0v) is 12.2. The first-order valence-corrected chi connectivity index (χ1v) is 7.14. The van der Waals surface area contributed by atoms with Crippen LogP contribution in [0.25, 0.3) is 27.8 Å². The molecular weight excluding hydrogens is 314 g/mol. The summed E-state index contributed by atoms with van der Waals surface area (Å²) in [5.74, 6) is -2.46. The molecule has 2 heterocycles. The Kier molecular flexibility index (Phi) is 3.06. The van der Waals surface area contributed by atoms with Gasteiger partial charge in [0.15, 0.2) is 0 Å². The lowest BCUT2D eigenvalue weighted by Gasteiger charge is -2.10. The molecule has 0 spiro atoms. The SMILES string of the molecule is O=C(O)c1ccc2c(c1)nc(-c1ccc(F)cc1F)c1cccn12. The summed E-state index contributed by atoms with van der Waals surface area (Å²) in [7, 11) is 0. The fourth-order valence-corrected chi connectivity index (χ4v) is 2.79. The Morgan fingerprint density at radius 1 is 1.04 bits per heavy atom. The molecule has 118 valence electrons. The van der Waals surface area contributed by atoms with Crippen LogP contribution in [0.1, 0.15) is 10.4 Å². The molecule has 4 nitrogen and oxygen atoms in total. The first-order valence-electron chi connectivity index (χ1n) is 7.14. The van der Waals surface area contributed by atoms with E-state index in [1.54, 1.807) is 28.8 Å². The van der Waals surface area contributed by atoms with Crippen LogP contribution < -0.4 is 0 Å². The highest BCUT2D eigenvalue weighted by Crippen LogP contribution is 2.29. The predicted molar refractivity (Wildman–Crippen MR) is 85.0 cm³/mol. The number of rotatable bonds is 2. The molecule has 0 aliphatic heterocycles. The molecule has 0 radical (unpaired) electrons. The molecule has 0 amide bonds. The minimum Gasteiger partial charge on any atom is -0.478 e. The Morgan fingerprint density at radius 3 is 2.62 bits per heavy atom. The van der Waals surface area contributed by atoms with Gasteiger partial charge in [0.05, 0.1) is 27.8 Å². The minimum absolute atomic E-state index is 0.0898. The molecule has 0 atom stereocenters. The van der Waals surface area contributed by atoms with Gasteiger partial charge in [-0.15, -0.1) is 0 Å². The lowest BCUT2D eigenvalue weighted by molar-refractivity contribution is 0.0697. The average Bonchev–Trinajstić information content (AvgIpc) is 3.03. The van der Waals surface area contributed by atoms with Crippen LogP contribution >= 0.6 is 0 Å². The predicted octanol–water partition coefficient (Wildman–Crippen LogP) is 4.13. The summed E-state index contributed by atoms with van der Waals surface area (Å²) in [6.45, 7) is 0. The van der Waals surface area contributed by atoms with Crippen molar-refractivity contribution >= 4 is 22.5 Å². The van der Waals surface area contributed by atoms with Gasteiger partial charge in [0.25, 0.3) is 0 Å². The Labute approximate surface area is 134 Å². The molecule has 6 heteroatoms. The average molecular weight is 324 g/mol. The molecule has 0 aliphatic rings. The molecule has 0 saturated heterocycles. The molecule has 0 unspecified atom stereocenters. The summed E-state index contributed by atoms with van der Waals surface area (Å²) in [4.78, 5) is 15.6. The second-order valence-electron chi connectivity index (χ2n) is 5.36. The number of halogens is 2. The Morgan fingerprint density at radius 2 is 1.88 bits per heavy atom. The Balaban J connectivity index is 2.09. The molecule has 4 aromatic rings. The molecule has 0 bridgehead atoms. The summed E-state index contributed by atoms with van der Waals surface area (Å²) in [6.07, 6.45) is 1.78. The van der Waals surface area contributed by atoms with Crippen molar-refractivity contribution in [2.45, 2.75) is 0 Å². The molecule has 0 fully saturated rings. The number of fused-ring (bicyclic) bond motifs is 3. The van der Waals surface area contributed by atoms with E-state index in [2.05, 4.69) is 4.98 Å². The van der Waals surface area contributed by atoms with Crippen LogP contribution in [0.15, 0.2) is 54.7 Å². The van der Waals surface area contributed by atoms with Gasteiger partial charge in [-0.25, -0.2) is 18.6 Å². The van der Waals surface area contributed by atoms with Crippen molar-refractivity contribution in [1.82, 2.24) is 9.38 Å². The fraction of sp³-hybridized carbons (Fsp3) is 0. The number of hydrogen-bond donors (Lipinski definition) is 1. The van der Waals surface area contributed by atoms with Crippen molar-refractivity contribution in [2.75, 3.05) is 0 Å². The Bertz CT molecular complexity index is 1120. The largest absolute Gasteiger partial charge is 0.478 e. The normalized spacial score (nSPS) is 11.2. The zero-order valence-electron chi connectivity index (χ0n) is 12.2. The first kappa shape index (κ1) is 14.3. The molecule has 2 aromatic carbocycles. The van der Waals surface area contributed by atoms with E-state index < -0.39 is 17.6 Å². The van der Waals surface area contributed by atoms with Gasteiger partial charge in [0.2, 0.25) is 0 Å². The molecule has 0 aliphatic carbocycles. The van der Waals surface area contributed by atoms with Crippen LogP contribution in [-0.4, -0.2) is 20.5 Å². The standard InChI is InChI=1S/C18H10F2N2O2/c19-11-4-5-12(13(20)9-11)17-16-2-1-7-22(16)15-6-3-10(18(23)24)8-14(15)21-17/h1-9H,(H,23,24). The van der Waals surface area contributed by atoms with Crippen molar-refractivity contribution < 1.29 is 18.7 Å². The van der Waals surface area contributed by atoms with Crippen LogP contribution in [0, 0.1) is 11.6 Å². The van der Waals surface area contributed by atoms with Gasteiger partial charge in [-0.1, -0.05) is 0 Å². The molecular formula is C18H10F2N2O2. The maximum Gasteiger partial charge on any atom is 0.335 e. The summed E-state index contributed by atoms with van der Waals surface area (Å²) >= 11 is 0. The third-order valence-electron chi connectivity index (χ3n) is 3.89. The van der Waals surface area contributed by atoms with E-state index in [0.29, 0.717) is 22.2 Å². The van der Waals surface area contributed by atoms with Gasteiger partial charge in [-0.2, -0.15) is 0 Å². The quantitative estimate of drug-likeness (QED) is 0.603. The topological polar surface area (TPSA) is 54.6 Å². The molecule has 0 saturated carbocycles. The molecule has 24 heavy (non-hydrogen) atoms. The van der Waals surface area contributed by atoms with Crippen LogP contribution in [0.4, 0.5) is 8.78 Å². The number of nitrogens with zero attached hydrogens (tertiary/aromatic N) is 2. The van der Waals surface area contributed by atoms with E-state index in [1.165, 1.54) is 18.2 Å². The monoisotopic (exact) mass is 324 g/mol. The number of aromatic nitrogens is 2. The number of carboxylic acids is 1. The lowest BCUT2D eigenvalue weighted by atomic mass is 10.1. The van der Waals surface area contributed by atoms with E-state index in [-0.39, 0.29) is 11.1 Å². The smallest absolute Gasteiger partial charge is 0.335 e. The molecule has 4 rings (SSSR count). The van der Waals surface area contributed by atoms with Gasteiger partial charge < -0.3 is 9.51 Å². The highest BCUT2D eigenvalue weighted by molar-refractivity contribution is 5.94.